The Kier molecular flexibility index (Phi) is 2.34. The van der Waals surface area contributed by atoms with Crippen molar-refractivity contribution in [3.05, 3.63) is 24.3 Å². The minimum Gasteiger partial charge on any atom is -0.564 e. The first-order valence-corrected chi connectivity index (χ1v) is 2.89. The Hall–Kier alpha value is -0.770. The zero-order valence-electron chi connectivity index (χ0n) is 5.37. The fraction of sp³-hybridized carbons (Fsp3) is 0. The van der Waals surface area contributed by atoms with Crippen LogP contribution >= 0.6 is 0 Å². The second-order valence-corrected chi connectivity index (χ2v) is 1.95. The number of rotatable bonds is 0. The van der Waals surface area contributed by atoms with Crippen molar-refractivity contribution in [2.75, 3.05) is 0 Å². The maximum Gasteiger partial charge on any atom is 1.00 e. The van der Waals surface area contributed by atoms with Gasteiger partial charge in [0.05, 0.1) is 5.52 Å². The summed E-state index contributed by atoms with van der Waals surface area (Å²) in [5.41, 5.74) is 1.17. The van der Waals surface area contributed by atoms with Crippen LogP contribution < -0.4 is 5.11 Å². The number of hydrogen-bond donors (Lipinski definition) is 0. The van der Waals surface area contributed by atoms with Crippen LogP contribution in [0.4, 0.5) is 0 Å². The van der Waals surface area contributed by atoms with Gasteiger partial charge in [-0.2, -0.15) is 0 Å². The molecule has 0 radical (unpaired) electrons. The largest absolute Gasteiger partial charge is 1.00 e. The van der Waals surface area contributed by atoms with E-state index in [0.717, 1.165) is 0 Å². The van der Waals surface area contributed by atoms with Crippen molar-refractivity contribution >= 4 is 11.1 Å². The molecule has 0 N–H and O–H groups in total. The van der Waals surface area contributed by atoms with E-state index >= 15 is 0 Å². The van der Waals surface area contributed by atoms with Gasteiger partial charge in [0, 0.05) is 5.58 Å². The van der Waals surface area contributed by atoms with Gasteiger partial charge in [-0.3, -0.25) is 0 Å². The van der Waals surface area contributed by atoms with Crippen LogP contribution in [0, 0.1) is 0 Å². The zero-order chi connectivity index (χ0) is 6.97. The zero-order valence-corrected chi connectivity index (χ0v) is 6.86. The molecule has 0 fully saturated rings. The third kappa shape index (κ3) is 1.45. The topological polar surface area (TPSA) is 49.1 Å². The summed E-state index contributed by atoms with van der Waals surface area (Å²) in [6, 6.07) is 7.06. The fourth-order valence-electron chi connectivity index (χ4n) is 0.851. The van der Waals surface area contributed by atoms with Gasteiger partial charge in [0.25, 0.3) is 0 Å². The van der Waals surface area contributed by atoms with Crippen molar-refractivity contribution in [1.29, 1.82) is 0 Å². The van der Waals surface area contributed by atoms with Crippen LogP contribution in [0.15, 0.2) is 28.7 Å². The van der Waals surface area contributed by atoms with Gasteiger partial charge in [-0.25, -0.2) is 4.98 Å². The normalized spacial score (nSPS) is 9.45. The maximum atomic E-state index is 10.5. The van der Waals surface area contributed by atoms with E-state index in [9.17, 15) is 5.11 Å². The predicted molar refractivity (Wildman–Crippen MR) is 33.5 cm³/mol. The molecule has 11 heavy (non-hydrogen) atoms. The SMILES string of the molecule is [Ag+].[O-]c1nc2ccccc2o1. The Balaban J connectivity index is 0.000000605. The summed E-state index contributed by atoms with van der Waals surface area (Å²) >= 11 is 0. The standard InChI is InChI=1S/C7H5NO2.Ag/c9-7-8-5-3-1-2-4-6(5)10-7;/h1-4H,(H,8,9);/q;+1/p-1. The molecule has 3 nitrogen and oxygen atoms in total. The summed E-state index contributed by atoms with van der Waals surface area (Å²) in [5, 5.41) is 10.5. The molecule has 1 heterocycles. The van der Waals surface area contributed by atoms with Crippen LogP contribution in [0.5, 0.6) is 6.08 Å². The Morgan fingerprint density at radius 2 is 2.00 bits per heavy atom. The van der Waals surface area contributed by atoms with Crippen LogP contribution in [0.2, 0.25) is 0 Å². The molecule has 0 amide bonds. The molecule has 0 saturated carbocycles. The summed E-state index contributed by atoms with van der Waals surface area (Å²) in [6.45, 7) is 0. The van der Waals surface area contributed by atoms with Crippen LogP contribution in [0.3, 0.4) is 0 Å². The molecule has 0 aliphatic heterocycles. The molecule has 0 aliphatic rings. The first-order valence-electron chi connectivity index (χ1n) is 2.89. The van der Waals surface area contributed by atoms with Crippen LogP contribution in [0.1, 0.15) is 0 Å². The van der Waals surface area contributed by atoms with Crippen molar-refractivity contribution in [3.8, 4) is 6.08 Å². The van der Waals surface area contributed by atoms with Gasteiger partial charge in [0.1, 0.15) is 0 Å². The Morgan fingerprint density at radius 3 is 2.73 bits per heavy atom. The van der Waals surface area contributed by atoms with Crippen molar-refractivity contribution in [1.82, 2.24) is 4.98 Å². The van der Waals surface area contributed by atoms with Gasteiger partial charge < -0.3 is 9.52 Å². The predicted octanol–water partition coefficient (Wildman–Crippen LogP) is 0.899. The van der Waals surface area contributed by atoms with E-state index in [1.54, 1.807) is 18.2 Å². The first kappa shape index (κ1) is 8.33. The Morgan fingerprint density at radius 1 is 1.27 bits per heavy atom. The summed E-state index contributed by atoms with van der Waals surface area (Å²) < 4.78 is 4.70. The van der Waals surface area contributed by atoms with Gasteiger partial charge in [0.2, 0.25) is 0 Å². The molecule has 2 aromatic rings. The number of benzene rings is 1. The molecule has 1 aromatic carbocycles. The molecule has 0 saturated heterocycles. The van der Waals surface area contributed by atoms with E-state index < -0.39 is 6.08 Å². The van der Waals surface area contributed by atoms with Crippen LogP contribution in [-0.4, -0.2) is 4.98 Å². The quantitative estimate of drug-likeness (QED) is 0.645. The molecule has 1 aromatic heterocycles. The number of aromatic nitrogens is 1. The van der Waals surface area contributed by atoms with Crippen molar-refractivity contribution < 1.29 is 31.9 Å². The monoisotopic (exact) mass is 241 g/mol. The Labute approximate surface area is 78.6 Å². The van der Waals surface area contributed by atoms with Gasteiger partial charge in [-0.05, 0) is 12.1 Å². The molecular formula is C7H4AgNO2. The first-order chi connectivity index (χ1) is 4.86. The molecule has 0 bridgehead atoms. The molecule has 0 atom stereocenters. The molecule has 2 rings (SSSR count). The molecule has 0 aliphatic carbocycles. The molecular weight excluding hydrogens is 238 g/mol. The summed E-state index contributed by atoms with van der Waals surface area (Å²) in [6.07, 6.45) is -0.527. The second kappa shape index (κ2) is 3.09. The minimum absolute atomic E-state index is 0. The van der Waals surface area contributed by atoms with E-state index in [4.69, 9.17) is 4.42 Å². The average molecular weight is 242 g/mol. The smallest absolute Gasteiger partial charge is 0.564 e. The molecule has 0 spiro atoms. The van der Waals surface area contributed by atoms with Crippen molar-refractivity contribution in [2.24, 2.45) is 0 Å². The third-order valence-corrected chi connectivity index (χ3v) is 1.27. The summed E-state index contributed by atoms with van der Waals surface area (Å²) in [5.74, 6) is 0. The van der Waals surface area contributed by atoms with Crippen molar-refractivity contribution in [3.63, 3.8) is 0 Å². The van der Waals surface area contributed by atoms with Crippen LogP contribution in [0.25, 0.3) is 11.1 Å². The number of hydrogen-bond acceptors (Lipinski definition) is 3. The van der Waals surface area contributed by atoms with E-state index in [1.165, 1.54) is 0 Å². The Bertz CT molecular complexity index is 325. The summed E-state index contributed by atoms with van der Waals surface area (Å²) in [4.78, 5) is 3.59. The minimum atomic E-state index is -0.527. The maximum absolute atomic E-state index is 10.5. The van der Waals surface area contributed by atoms with E-state index in [2.05, 4.69) is 4.98 Å². The average Bonchev–Trinajstić information content (AvgIpc) is 2.27. The molecule has 60 valence electrons. The number of fused-ring (bicyclic) bond motifs is 1. The molecule has 0 unspecified atom stereocenters. The molecule has 4 heteroatoms. The van der Waals surface area contributed by atoms with Gasteiger partial charge in [-0.1, -0.05) is 12.1 Å². The summed E-state index contributed by atoms with van der Waals surface area (Å²) in [7, 11) is 0. The fourth-order valence-corrected chi connectivity index (χ4v) is 0.851. The van der Waals surface area contributed by atoms with E-state index in [1.807, 2.05) is 6.07 Å². The van der Waals surface area contributed by atoms with E-state index in [0.29, 0.717) is 11.1 Å². The van der Waals surface area contributed by atoms with Gasteiger partial charge >= 0.3 is 22.4 Å². The van der Waals surface area contributed by atoms with Gasteiger partial charge in [-0.15, -0.1) is 0 Å². The number of oxazole rings is 1. The second-order valence-electron chi connectivity index (χ2n) is 1.95. The van der Waals surface area contributed by atoms with Crippen LogP contribution in [-0.2, 0) is 22.4 Å². The third-order valence-electron chi connectivity index (χ3n) is 1.27. The number of para-hydroxylation sites is 2. The van der Waals surface area contributed by atoms with E-state index in [-0.39, 0.29) is 22.4 Å². The number of nitrogens with zero attached hydrogens (tertiary/aromatic N) is 1. The van der Waals surface area contributed by atoms with Crippen molar-refractivity contribution in [2.45, 2.75) is 0 Å². The van der Waals surface area contributed by atoms with Gasteiger partial charge in [0.15, 0.2) is 6.08 Å².